The largest absolute Gasteiger partial charge is 0.494 e. The summed E-state index contributed by atoms with van der Waals surface area (Å²) in [5.74, 6) is 1.39. The van der Waals surface area contributed by atoms with Crippen molar-refractivity contribution >= 4 is 33.8 Å². The van der Waals surface area contributed by atoms with E-state index < -0.39 is 4.92 Å². The Labute approximate surface area is 179 Å². The molecule has 3 aromatic rings. The van der Waals surface area contributed by atoms with Gasteiger partial charge in [-0.05, 0) is 37.2 Å². The Bertz CT molecular complexity index is 1150. The van der Waals surface area contributed by atoms with Gasteiger partial charge in [-0.25, -0.2) is 9.97 Å². The zero-order chi connectivity index (χ0) is 22.1. The molecule has 1 saturated heterocycles. The van der Waals surface area contributed by atoms with E-state index in [-0.39, 0.29) is 28.5 Å². The Kier molecular flexibility index (Phi) is 5.47. The molecule has 1 aromatic heterocycles. The van der Waals surface area contributed by atoms with E-state index in [9.17, 15) is 10.1 Å². The van der Waals surface area contributed by atoms with Crippen molar-refractivity contribution in [1.29, 1.82) is 0 Å². The Hall–Kier alpha value is -3.66. The Morgan fingerprint density at radius 3 is 2.74 bits per heavy atom. The predicted octanol–water partition coefficient (Wildman–Crippen LogP) is 2.57. The zero-order valence-electron chi connectivity index (χ0n) is 17.5. The number of nitrogen functional groups attached to an aromatic ring is 2. The fourth-order valence-electron chi connectivity index (χ4n) is 4.09. The van der Waals surface area contributed by atoms with Crippen molar-refractivity contribution in [3.63, 3.8) is 0 Å². The van der Waals surface area contributed by atoms with E-state index in [1.54, 1.807) is 13.2 Å². The van der Waals surface area contributed by atoms with E-state index in [0.717, 1.165) is 31.4 Å². The molecule has 2 heterocycles. The molecule has 0 radical (unpaired) electrons. The minimum Gasteiger partial charge on any atom is -0.494 e. The summed E-state index contributed by atoms with van der Waals surface area (Å²) in [6, 6.07) is 8.89. The average molecular weight is 423 g/mol. The molecule has 1 aliphatic heterocycles. The van der Waals surface area contributed by atoms with Gasteiger partial charge in [0.25, 0.3) is 0 Å². The highest BCUT2D eigenvalue weighted by molar-refractivity contribution is 5.97. The fraction of sp³-hybridized carbons (Fsp3) is 0.333. The summed E-state index contributed by atoms with van der Waals surface area (Å²) in [5, 5.41) is 16.1. The number of nitro benzene ring substituents is 1. The molecule has 0 bridgehead atoms. The summed E-state index contributed by atoms with van der Waals surface area (Å²) in [5.41, 5.74) is 12.6. The Morgan fingerprint density at radius 1 is 1.26 bits per heavy atom. The molecule has 1 atom stereocenters. The van der Waals surface area contributed by atoms with Crippen molar-refractivity contribution in [2.24, 2.45) is 0 Å². The summed E-state index contributed by atoms with van der Waals surface area (Å²) in [6.07, 6.45) is 0.971. The number of nitrogens with one attached hydrogen (secondary N) is 1. The number of hydrogen-bond donors (Lipinski definition) is 3. The third-order valence-electron chi connectivity index (χ3n) is 5.52. The van der Waals surface area contributed by atoms with Crippen LogP contribution in [0.1, 0.15) is 13.3 Å². The first-order valence-electron chi connectivity index (χ1n) is 10.1. The predicted molar refractivity (Wildman–Crippen MR) is 121 cm³/mol. The molecule has 10 heteroatoms. The van der Waals surface area contributed by atoms with E-state index in [1.807, 2.05) is 12.1 Å². The van der Waals surface area contributed by atoms with Crippen molar-refractivity contribution in [2.45, 2.75) is 19.4 Å². The van der Waals surface area contributed by atoms with Gasteiger partial charge >= 0.3 is 5.69 Å². The summed E-state index contributed by atoms with van der Waals surface area (Å²) < 4.78 is 5.52. The van der Waals surface area contributed by atoms with Crippen molar-refractivity contribution in [1.82, 2.24) is 15.3 Å². The van der Waals surface area contributed by atoms with E-state index in [0.29, 0.717) is 23.1 Å². The van der Waals surface area contributed by atoms with E-state index in [1.165, 1.54) is 12.1 Å². The Morgan fingerprint density at radius 2 is 2.03 bits per heavy atom. The minimum atomic E-state index is -0.548. The molecule has 31 heavy (non-hydrogen) atoms. The van der Waals surface area contributed by atoms with Crippen LogP contribution in [-0.2, 0) is 0 Å². The molecule has 0 spiro atoms. The molecule has 5 N–H and O–H groups in total. The lowest BCUT2D eigenvalue weighted by atomic mass is 10.1. The van der Waals surface area contributed by atoms with Crippen LogP contribution < -0.4 is 26.4 Å². The molecule has 2 aromatic carbocycles. The number of methoxy groups -OCH3 is 1. The lowest BCUT2D eigenvalue weighted by Gasteiger charge is -2.21. The third kappa shape index (κ3) is 3.66. The molecule has 1 fully saturated rings. The third-order valence-corrected chi connectivity index (χ3v) is 5.52. The number of benzene rings is 2. The van der Waals surface area contributed by atoms with Gasteiger partial charge in [-0.1, -0.05) is 13.0 Å². The van der Waals surface area contributed by atoms with Gasteiger partial charge in [0.05, 0.1) is 12.0 Å². The van der Waals surface area contributed by atoms with Gasteiger partial charge in [-0.15, -0.1) is 0 Å². The molecule has 0 aliphatic carbocycles. The monoisotopic (exact) mass is 423 g/mol. The highest BCUT2D eigenvalue weighted by atomic mass is 16.6. The van der Waals surface area contributed by atoms with Gasteiger partial charge in [-0.2, -0.15) is 0 Å². The molecular formula is C21H25N7O3. The number of hydrogen-bond acceptors (Lipinski definition) is 9. The van der Waals surface area contributed by atoms with Gasteiger partial charge < -0.3 is 26.4 Å². The second-order valence-corrected chi connectivity index (χ2v) is 7.44. The second-order valence-electron chi connectivity index (χ2n) is 7.44. The normalized spacial score (nSPS) is 16.1. The maximum absolute atomic E-state index is 11.8. The minimum absolute atomic E-state index is 0.00727. The second kappa shape index (κ2) is 8.23. The van der Waals surface area contributed by atoms with Gasteiger partial charge in [0.15, 0.2) is 5.82 Å². The van der Waals surface area contributed by atoms with Crippen LogP contribution in [0.3, 0.4) is 0 Å². The maximum Gasteiger partial charge on any atom is 0.305 e. The van der Waals surface area contributed by atoms with Crippen LogP contribution in [0, 0.1) is 10.1 Å². The SMILES string of the molecule is CCNC1CCN(c2nc(-c3c(N)ccc(N)c3[N+](=O)[O-])nc3c(OC)cccc23)C1. The molecule has 0 saturated carbocycles. The number of ether oxygens (including phenoxy) is 1. The topological polar surface area (TPSA) is 145 Å². The van der Waals surface area contributed by atoms with Gasteiger partial charge in [0.1, 0.15) is 28.3 Å². The number of anilines is 3. The fourth-order valence-corrected chi connectivity index (χ4v) is 4.09. The van der Waals surface area contributed by atoms with E-state index in [4.69, 9.17) is 21.2 Å². The van der Waals surface area contributed by atoms with Crippen LogP contribution in [0.5, 0.6) is 5.75 Å². The van der Waals surface area contributed by atoms with Crippen LogP contribution in [0.25, 0.3) is 22.3 Å². The smallest absolute Gasteiger partial charge is 0.305 e. The number of likely N-dealkylation sites (N-methyl/N-ethyl adjacent to an activating group) is 1. The molecule has 1 aliphatic rings. The molecular weight excluding hydrogens is 398 g/mol. The lowest BCUT2D eigenvalue weighted by molar-refractivity contribution is -0.383. The highest BCUT2D eigenvalue weighted by Gasteiger charge is 2.29. The van der Waals surface area contributed by atoms with E-state index >= 15 is 0 Å². The molecule has 1 unspecified atom stereocenters. The lowest BCUT2D eigenvalue weighted by Crippen LogP contribution is -2.32. The first-order chi connectivity index (χ1) is 14.9. The van der Waals surface area contributed by atoms with Crippen molar-refractivity contribution in [3.8, 4) is 17.1 Å². The number of para-hydroxylation sites is 1. The molecule has 4 rings (SSSR count). The first kappa shape index (κ1) is 20.6. The van der Waals surface area contributed by atoms with Crippen LogP contribution in [0.4, 0.5) is 22.9 Å². The van der Waals surface area contributed by atoms with Crippen LogP contribution >= 0.6 is 0 Å². The number of nitrogens with two attached hydrogens (primary N) is 2. The van der Waals surface area contributed by atoms with Crippen molar-refractivity contribution in [3.05, 3.63) is 40.4 Å². The zero-order valence-corrected chi connectivity index (χ0v) is 17.5. The number of fused-ring (bicyclic) bond motifs is 1. The van der Waals surface area contributed by atoms with Crippen molar-refractivity contribution in [2.75, 3.05) is 43.1 Å². The first-order valence-corrected chi connectivity index (χ1v) is 10.1. The van der Waals surface area contributed by atoms with Crippen LogP contribution in [0.2, 0.25) is 0 Å². The van der Waals surface area contributed by atoms with Gasteiger partial charge in [0.2, 0.25) is 0 Å². The Balaban J connectivity index is 1.97. The van der Waals surface area contributed by atoms with Crippen molar-refractivity contribution < 1.29 is 9.66 Å². The highest BCUT2D eigenvalue weighted by Crippen LogP contribution is 2.41. The molecule has 162 valence electrons. The maximum atomic E-state index is 11.8. The number of aromatic nitrogens is 2. The standard InChI is InChI=1S/C21H25N7O3/c1-3-24-12-9-10-27(11-12)21-13-5-4-6-16(31-2)18(13)25-20(26-21)17-14(22)7-8-15(23)19(17)28(29)30/h4-8,12,24H,3,9-11,22-23H2,1-2H3. The van der Waals surface area contributed by atoms with Gasteiger partial charge in [-0.3, -0.25) is 10.1 Å². The van der Waals surface area contributed by atoms with Gasteiger partial charge in [0, 0.05) is 30.2 Å². The number of rotatable bonds is 6. The molecule has 0 amide bonds. The number of nitrogens with zero attached hydrogens (tertiary/aromatic N) is 4. The van der Waals surface area contributed by atoms with E-state index in [2.05, 4.69) is 22.1 Å². The summed E-state index contributed by atoms with van der Waals surface area (Å²) in [4.78, 5) is 22.8. The average Bonchev–Trinajstić information content (AvgIpc) is 3.22. The van der Waals surface area contributed by atoms with Crippen LogP contribution in [0.15, 0.2) is 30.3 Å². The number of nitro groups is 1. The van der Waals surface area contributed by atoms with Crippen LogP contribution in [-0.4, -0.2) is 47.7 Å². The summed E-state index contributed by atoms with van der Waals surface area (Å²) in [7, 11) is 1.56. The summed E-state index contributed by atoms with van der Waals surface area (Å²) >= 11 is 0. The summed E-state index contributed by atoms with van der Waals surface area (Å²) in [6.45, 7) is 4.53. The quantitative estimate of drug-likeness (QED) is 0.309. The molecule has 10 nitrogen and oxygen atoms in total.